The fraction of sp³-hybridized carbons (Fsp3) is 0.308. The van der Waals surface area contributed by atoms with Crippen molar-refractivity contribution in [3.63, 3.8) is 0 Å². The largest absolute Gasteiger partial charge is 0.381 e. The summed E-state index contributed by atoms with van der Waals surface area (Å²) in [6.45, 7) is 0.681. The Morgan fingerprint density at radius 2 is 2.30 bits per heavy atom. The minimum Gasteiger partial charge on any atom is -0.381 e. The van der Waals surface area contributed by atoms with E-state index >= 15 is 0 Å². The van der Waals surface area contributed by atoms with Crippen LogP contribution in [-0.4, -0.2) is 28.8 Å². The number of H-pyrrole nitrogens is 1. The number of aromatic nitrogens is 3. The molecule has 2 heterocycles. The number of aromatic amines is 1. The average Bonchev–Trinajstić information content (AvgIpc) is 2.79. The number of nitrogen functional groups attached to an aromatic ring is 1. The molecule has 0 aromatic carbocycles. The third-order valence-corrected chi connectivity index (χ3v) is 2.99. The van der Waals surface area contributed by atoms with E-state index in [9.17, 15) is 4.39 Å². The maximum atomic E-state index is 13.0. The molecule has 0 amide bonds. The number of nitrogens with one attached hydrogen (secondary N) is 1. The zero-order chi connectivity index (χ0) is 14.5. The van der Waals surface area contributed by atoms with Gasteiger partial charge in [-0.05, 0) is 25.0 Å². The van der Waals surface area contributed by atoms with Crippen LogP contribution in [-0.2, 0) is 6.42 Å². The van der Waals surface area contributed by atoms with E-state index in [-0.39, 0.29) is 5.82 Å². The lowest BCUT2D eigenvalue weighted by molar-refractivity contribution is 0.581. The van der Waals surface area contributed by atoms with Gasteiger partial charge in [0.25, 0.3) is 0 Å². The van der Waals surface area contributed by atoms with Crippen LogP contribution in [0, 0.1) is 17.3 Å². The first kappa shape index (κ1) is 13.8. The Labute approximate surface area is 116 Å². The molecule has 2 rings (SSSR count). The Morgan fingerprint density at radius 1 is 1.50 bits per heavy atom. The Bertz CT molecular complexity index is 630. The SMILES string of the molecule is CN(CCCc1[nH]nc(N)c1C#N)c1cccc(F)n1. The molecule has 0 atom stereocenters. The first-order chi connectivity index (χ1) is 9.61. The highest BCUT2D eigenvalue weighted by Crippen LogP contribution is 2.14. The van der Waals surface area contributed by atoms with Crippen LogP contribution < -0.4 is 10.6 Å². The Kier molecular flexibility index (Phi) is 4.15. The zero-order valence-electron chi connectivity index (χ0n) is 11.1. The van der Waals surface area contributed by atoms with Gasteiger partial charge in [-0.15, -0.1) is 0 Å². The van der Waals surface area contributed by atoms with Crippen molar-refractivity contribution in [1.29, 1.82) is 5.26 Å². The number of rotatable bonds is 5. The number of anilines is 2. The lowest BCUT2D eigenvalue weighted by Gasteiger charge is -2.17. The number of nitrogens with two attached hydrogens (primary N) is 1. The molecule has 3 N–H and O–H groups in total. The van der Waals surface area contributed by atoms with Crippen LogP contribution in [0.1, 0.15) is 17.7 Å². The van der Waals surface area contributed by atoms with Crippen LogP contribution >= 0.6 is 0 Å². The molecule has 0 unspecified atom stereocenters. The van der Waals surface area contributed by atoms with Gasteiger partial charge in [0.15, 0.2) is 5.82 Å². The first-order valence-corrected chi connectivity index (χ1v) is 6.18. The highest BCUT2D eigenvalue weighted by molar-refractivity contribution is 5.50. The Hall–Kier alpha value is -2.62. The van der Waals surface area contributed by atoms with Crippen LogP contribution in [0.5, 0.6) is 0 Å². The second kappa shape index (κ2) is 6.02. The minimum absolute atomic E-state index is 0.225. The third kappa shape index (κ3) is 3.03. The van der Waals surface area contributed by atoms with Gasteiger partial charge in [-0.25, -0.2) is 4.98 Å². The molecule has 2 aromatic heterocycles. The van der Waals surface area contributed by atoms with Gasteiger partial charge in [0.1, 0.15) is 17.5 Å². The van der Waals surface area contributed by atoms with Crippen molar-refractivity contribution < 1.29 is 4.39 Å². The predicted molar refractivity (Wildman–Crippen MR) is 73.5 cm³/mol. The van der Waals surface area contributed by atoms with Crippen molar-refractivity contribution in [3.05, 3.63) is 35.4 Å². The van der Waals surface area contributed by atoms with Crippen LogP contribution in [0.4, 0.5) is 16.0 Å². The molecular weight excluding hydrogens is 259 g/mol. The summed E-state index contributed by atoms with van der Waals surface area (Å²) in [5.41, 5.74) is 6.69. The molecular formula is C13H15FN6. The molecule has 0 aliphatic heterocycles. The molecule has 20 heavy (non-hydrogen) atoms. The summed E-state index contributed by atoms with van der Waals surface area (Å²) >= 11 is 0. The predicted octanol–water partition coefficient (Wildman–Crippen LogP) is 1.47. The molecule has 0 saturated heterocycles. The quantitative estimate of drug-likeness (QED) is 0.805. The molecule has 0 radical (unpaired) electrons. The van der Waals surface area contributed by atoms with E-state index in [0.29, 0.717) is 24.3 Å². The van der Waals surface area contributed by atoms with Crippen molar-refractivity contribution in [1.82, 2.24) is 15.2 Å². The summed E-state index contributed by atoms with van der Waals surface area (Å²) in [5.74, 6) is 0.305. The minimum atomic E-state index is -0.498. The molecule has 0 bridgehead atoms. The van der Waals surface area contributed by atoms with Crippen molar-refractivity contribution in [2.75, 3.05) is 24.2 Å². The highest BCUT2D eigenvalue weighted by Gasteiger charge is 2.10. The van der Waals surface area contributed by atoms with E-state index in [1.807, 2.05) is 18.0 Å². The molecule has 0 saturated carbocycles. The summed E-state index contributed by atoms with van der Waals surface area (Å²) in [6, 6.07) is 6.71. The van der Waals surface area contributed by atoms with Crippen LogP contribution in [0.3, 0.4) is 0 Å². The van der Waals surface area contributed by atoms with Crippen LogP contribution in [0.2, 0.25) is 0 Å². The normalized spacial score (nSPS) is 10.2. The molecule has 7 heteroatoms. The van der Waals surface area contributed by atoms with Gasteiger partial charge >= 0.3 is 0 Å². The maximum Gasteiger partial charge on any atom is 0.214 e. The molecule has 0 fully saturated rings. The number of halogens is 1. The standard InChI is InChI=1S/C13H15FN6/c1-20(12-6-2-5-11(14)17-12)7-3-4-10-9(8-15)13(16)19-18-10/h2,5-6H,3-4,7H2,1H3,(H3,16,18,19). The van der Waals surface area contributed by atoms with Crippen molar-refractivity contribution in [2.45, 2.75) is 12.8 Å². The van der Waals surface area contributed by atoms with E-state index in [1.54, 1.807) is 12.1 Å². The summed E-state index contributed by atoms with van der Waals surface area (Å²) in [6.07, 6.45) is 1.41. The van der Waals surface area contributed by atoms with Crippen molar-refractivity contribution >= 4 is 11.6 Å². The summed E-state index contributed by atoms with van der Waals surface area (Å²) < 4.78 is 13.0. The monoisotopic (exact) mass is 274 g/mol. The topological polar surface area (TPSA) is 94.6 Å². The van der Waals surface area contributed by atoms with Gasteiger partial charge in [0.2, 0.25) is 5.95 Å². The van der Waals surface area contributed by atoms with E-state index in [2.05, 4.69) is 15.2 Å². The third-order valence-electron chi connectivity index (χ3n) is 2.99. The summed E-state index contributed by atoms with van der Waals surface area (Å²) in [7, 11) is 1.84. The maximum absolute atomic E-state index is 13.0. The lowest BCUT2D eigenvalue weighted by Crippen LogP contribution is -2.20. The van der Waals surface area contributed by atoms with Gasteiger partial charge < -0.3 is 10.6 Å². The second-order valence-corrected chi connectivity index (χ2v) is 4.42. The Morgan fingerprint density at radius 3 is 3.00 bits per heavy atom. The number of pyridine rings is 1. The molecule has 0 aliphatic carbocycles. The fourth-order valence-electron chi connectivity index (χ4n) is 1.92. The molecule has 0 aliphatic rings. The highest BCUT2D eigenvalue weighted by atomic mass is 19.1. The number of hydrogen-bond donors (Lipinski definition) is 2. The number of nitrogens with zero attached hydrogens (tertiary/aromatic N) is 4. The Balaban J connectivity index is 1.91. The van der Waals surface area contributed by atoms with E-state index in [4.69, 9.17) is 11.0 Å². The van der Waals surface area contributed by atoms with Gasteiger partial charge in [-0.3, -0.25) is 5.10 Å². The number of hydrogen-bond acceptors (Lipinski definition) is 5. The van der Waals surface area contributed by atoms with Gasteiger partial charge in [-0.1, -0.05) is 6.07 Å². The molecule has 6 nitrogen and oxygen atoms in total. The molecule has 2 aromatic rings. The summed E-state index contributed by atoms with van der Waals surface area (Å²) in [4.78, 5) is 5.66. The number of nitriles is 1. The second-order valence-electron chi connectivity index (χ2n) is 4.42. The van der Waals surface area contributed by atoms with Crippen molar-refractivity contribution in [3.8, 4) is 6.07 Å². The molecule has 0 spiro atoms. The van der Waals surface area contributed by atoms with Gasteiger partial charge in [-0.2, -0.15) is 14.8 Å². The van der Waals surface area contributed by atoms with Gasteiger partial charge in [0, 0.05) is 13.6 Å². The van der Waals surface area contributed by atoms with E-state index < -0.39 is 5.95 Å². The number of aryl methyl sites for hydroxylation is 1. The lowest BCUT2D eigenvalue weighted by atomic mass is 10.1. The molecule has 104 valence electrons. The van der Waals surface area contributed by atoms with Gasteiger partial charge in [0.05, 0.1) is 5.69 Å². The fourth-order valence-corrected chi connectivity index (χ4v) is 1.92. The van der Waals surface area contributed by atoms with Crippen molar-refractivity contribution in [2.24, 2.45) is 0 Å². The smallest absolute Gasteiger partial charge is 0.214 e. The van der Waals surface area contributed by atoms with E-state index in [1.165, 1.54) is 6.07 Å². The average molecular weight is 274 g/mol. The summed E-state index contributed by atoms with van der Waals surface area (Å²) in [5, 5.41) is 15.5. The van der Waals surface area contributed by atoms with Crippen LogP contribution in [0.25, 0.3) is 0 Å². The first-order valence-electron chi connectivity index (χ1n) is 6.18. The zero-order valence-corrected chi connectivity index (χ0v) is 11.1. The van der Waals surface area contributed by atoms with Crippen LogP contribution in [0.15, 0.2) is 18.2 Å². The van der Waals surface area contributed by atoms with E-state index in [0.717, 1.165) is 12.1 Å².